The number of fused-ring (bicyclic) bond motifs is 1. The predicted molar refractivity (Wildman–Crippen MR) is 86.3 cm³/mol. The molecule has 0 aliphatic rings. The molecule has 3 rings (SSSR count). The van der Waals surface area contributed by atoms with Crippen molar-refractivity contribution in [2.45, 2.75) is 18.7 Å². The van der Waals surface area contributed by atoms with Gasteiger partial charge in [-0.2, -0.15) is 0 Å². The van der Waals surface area contributed by atoms with E-state index in [1.54, 1.807) is 31.2 Å². The van der Waals surface area contributed by atoms with Gasteiger partial charge in [0, 0.05) is 11.3 Å². The first kappa shape index (κ1) is 14.6. The minimum absolute atomic E-state index is 0.0559. The Kier molecular flexibility index (Phi) is 3.41. The Morgan fingerprint density at radius 1 is 1.18 bits per heavy atom. The van der Waals surface area contributed by atoms with Crippen LogP contribution in [-0.2, 0) is 9.84 Å². The van der Waals surface area contributed by atoms with E-state index in [0.717, 1.165) is 11.1 Å². The number of aromatic nitrogens is 1. The fraction of sp³-hybridized carbons (Fsp3) is 0.188. The van der Waals surface area contributed by atoms with Crippen LogP contribution in [-0.4, -0.2) is 19.2 Å². The number of nitrogens with zero attached hydrogens (tertiary/aromatic N) is 1. The van der Waals surface area contributed by atoms with Gasteiger partial charge in [0.05, 0.1) is 10.6 Å². The first-order valence-electron chi connectivity index (χ1n) is 6.90. The Balaban J connectivity index is 2.12. The highest BCUT2D eigenvalue weighted by Gasteiger charge is 2.15. The summed E-state index contributed by atoms with van der Waals surface area (Å²) in [6.45, 7) is 3.53. The molecule has 0 fully saturated rings. The fourth-order valence-corrected chi connectivity index (χ4v) is 3.10. The van der Waals surface area contributed by atoms with Crippen LogP contribution in [0.15, 0.2) is 45.7 Å². The number of nitrogen functional groups attached to an aromatic ring is 1. The van der Waals surface area contributed by atoms with Gasteiger partial charge >= 0.3 is 0 Å². The van der Waals surface area contributed by atoms with E-state index in [4.69, 9.17) is 10.2 Å². The van der Waals surface area contributed by atoms with E-state index < -0.39 is 9.84 Å². The van der Waals surface area contributed by atoms with Crippen LogP contribution >= 0.6 is 0 Å². The third kappa shape index (κ3) is 2.46. The summed E-state index contributed by atoms with van der Waals surface area (Å²) in [5.41, 5.74) is 9.34. The Labute approximate surface area is 128 Å². The van der Waals surface area contributed by atoms with Crippen molar-refractivity contribution in [2.24, 2.45) is 0 Å². The summed E-state index contributed by atoms with van der Waals surface area (Å²) < 4.78 is 29.6. The predicted octanol–water partition coefficient (Wildman–Crippen LogP) is 3.18. The number of oxazole rings is 1. The number of hydrogen-bond acceptors (Lipinski definition) is 5. The summed E-state index contributed by atoms with van der Waals surface area (Å²) in [5.74, 6) is 0.504. The maximum atomic E-state index is 11.9. The average Bonchev–Trinajstić information content (AvgIpc) is 2.93. The molecule has 0 bridgehead atoms. The van der Waals surface area contributed by atoms with E-state index in [-0.39, 0.29) is 10.6 Å². The van der Waals surface area contributed by atoms with Crippen LogP contribution in [0.3, 0.4) is 0 Å². The number of sulfone groups is 1. The maximum Gasteiger partial charge on any atom is 0.227 e. The van der Waals surface area contributed by atoms with Crippen molar-refractivity contribution in [1.29, 1.82) is 0 Å². The second-order valence-electron chi connectivity index (χ2n) is 5.12. The lowest BCUT2D eigenvalue weighted by atomic mass is 10.1. The van der Waals surface area contributed by atoms with E-state index in [0.29, 0.717) is 22.7 Å². The Bertz CT molecular complexity index is 959. The van der Waals surface area contributed by atoms with Crippen LogP contribution in [0.1, 0.15) is 12.5 Å². The summed E-state index contributed by atoms with van der Waals surface area (Å²) in [6, 6.07) is 10.3. The molecule has 114 valence electrons. The van der Waals surface area contributed by atoms with E-state index >= 15 is 0 Å². The van der Waals surface area contributed by atoms with Gasteiger partial charge in [-0.3, -0.25) is 0 Å². The Morgan fingerprint density at radius 3 is 2.64 bits per heavy atom. The smallest absolute Gasteiger partial charge is 0.227 e. The summed E-state index contributed by atoms with van der Waals surface area (Å²) in [5, 5.41) is 0. The monoisotopic (exact) mass is 316 g/mol. The van der Waals surface area contributed by atoms with Crippen LogP contribution in [0.4, 0.5) is 5.69 Å². The van der Waals surface area contributed by atoms with Crippen molar-refractivity contribution in [3.63, 3.8) is 0 Å². The van der Waals surface area contributed by atoms with E-state index in [2.05, 4.69) is 4.98 Å². The van der Waals surface area contributed by atoms with Crippen LogP contribution in [0.2, 0.25) is 0 Å². The van der Waals surface area contributed by atoms with Crippen molar-refractivity contribution in [3.05, 3.63) is 42.0 Å². The molecular weight excluding hydrogens is 300 g/mol. The van der Waals surface area contributed by atoms with Gasteiger partial charge in [0.1, 0.15) is 5.52 Å². The van der Waals surface area contributed by atoms with Gasteiger partial charge in [-0.25, -0.2) is 13.4 Å². The zero-order valence-electron chi connectivity index (χ0n) is 12.3. The molecule has 6 heteroatoms. The Hall–Kier alpha value is -2.34. The number of rotatable bonds is 3. The first-order chi connectivity index (χ1) is 10.4. The molecule has 0 spiro atoms. The molecule has 3 aromatic rings. The second kappa shape index (κ2) is 5.14. The topological polar surface area (TPSA) is 86.2 Å². The third-order valence-electron chi connectivity index (χ3n) is 3.61. The highest BCUT2D eigenvalue weighted by Crippen LogP contribution is 2.28. The largest absolute Gasteiger partial charge is 0.436 e. The average molecular weight is 316 g/mol. The van der Waals surface area contributed by atoms with Crippen LogP contribution < -0.4 is 5.73 Å². The Morgan fingerprint density at radius 2 is 1.95 bits per heavy atom. The van der Waals surface area contributed by atoms with Gasteiger partial charge in [-0.1, -0.05) is 6.92 Å². The van der Waals surface area contributed by atoms with E-state index in [1.807, 2.05) is 19.1 Å². The normalized spacial score (nSPS) is 11.9. The lowest BCUT2D eigenvalue weighted by Crippen LogP contribution is -2.03. The van der Waals surface area contributed by atoms with E-state index in [9.17, 15) is 8.42 Å². The van der Waals surface area contributed by atoms with Crippen LogP contribution in [0, 0.1) is 6.92 Å². The molecule has 0 amide bonds. The van der Waals surface area contributed by atoms with Crippen molar-refractivity contribution < 1.29 is 12.8 Å². The van der Waals surface area contributed by atoms with Crippen molar-refractivity contribution in [1.82, 2.24) is 4.98 Å². The van der Waals surface area contributed by atoms with Gasteiger partial charge in [-0.15, -0.1) is 0 Å². The van der Waals surface area contributed by atoms with Crippen LogP contribution in [0.5, 0.6) is 0 Å². The second-order valence-corrected chi connectivity index (χ2v) is 7.40. The van der Waals surface area contributed by atoms with Gasteiger partial charge in [0.2, 0.25) is 5.89 Å². The first-order valence-corrected chi connectivity index (χ1v) is 8.56. The molecule has 2 aromatic carbocycles. The van der Waals surface area contributed by atoms with Gasteiger partial charge in [0.25, 0.3) is 0 Å². The summed E-state index contributed by atoms with van der Waals surface area (Å²) in [6.07, 6.45) is 0. The molecule has 5 nitrogen and oxygen atoms in total. The van der Waals surface area contributed by atoms with Gasteiger partial charge < -0.3 is 10.2 Å². The molecule has 2 N–H and O–H groups in total. The highest BCUT2D eigenvalue weighted by molar-refractivity contribution is 7.91. The van der Waals surface area contributed by atoms with E-state index in [1.165, 1.54) is 0 Å². The SMILES string of the molecule is CCS(=O)(=O)c1ccc2oc(-c3ccc(N)c(C)c3)nc2c1. The molecule has 0 unspecified atom stereocenters. The van der Waals surface area contributed by atoms with Gasteiger partial charge in [-0.05, 0) is 48.9 Å². The maximum absolute atomic E-state index is 11.9. The molecule has 1 heterocycles. The minimum Gasteiger partial charge on any atom is -0.436 e. The fourth-order valence-electron chi connectivity index (χ4n) is 2.20. The number of nitrogens with two attached hydrogens (primary N) is 1. The molecule has 0 atom stereocenters. The molecule has 0 saturated carbocycles. The molecule has 22 heavy (non-hydrogen) atoms. The number of anilines is 1. The standard InChI is InChI=1S/C16H16N2O3S/c1-3-22(19,20)12-5-7-15-14(9-12)18-16(21-15)11-4-6-13(17)10(2)8-11/h4-9H,3,17H2,1-2H3. The number of benzene rings is 2. The number of hydrogen-bond donors (Lipinski definition) is 1. The molecular formula is C16H16N2O3S. The number of aryl methyl sites for hydroxylation is 1. The van der Waals surface area contributed by atoms with Crippen molar-refractivity contribution >= 4 is 26.6 Å². The molecule has 1 aromatic heterocycles. The third-order valence-corrected chi connectivity index (χ3v) is 5.35. The van der Waals surface area contributed by atoms with Gasteiger partial charge in [0.15, 0.2) is 15.4 Å². The summed E-state index contributed by atoms with van der Waals surface area (Å²) in [7, 11) is -3.26. The highest BCUT2D eigenvalue weighted by atomic mass is 32.2. The summed E-state index contributed by atoms with van der Waals surface area (Å²) in [4.78, 5) is 4.65. The summed E-state index contributed by atoms with van der Waals surface area (Å²) >= 11 is 0. The lowest BCUT2D eigenvalue weighted by molar-refractivity contribution is 0.597. The van der Waals surface area contributed by atoms with Crippen LogP contribution in [0.25, 0.3) is 22.6 Å². The minimum atomic E-state index is -3.26. The zero-order chi connectivity index (χ0) is 15.9. The quantitative estimate of drug-likeness (QED) is 0.750. The molecule has 0 saturated heterocycles. The zero-order valence-corrected chi connectivity index (χ0v) is 13.1. The van der Waals surface area contributed by atoms with Crippen molar-refractivity contribution in [2.75, 3.05) is 11.5 Å². The molecule has 0 aliphatic heterocycles. The molecule has 0 aliphatic carbocycles. The molecule has 0 radical (unpaired) electrons. The lowest BCUT2D eigenvalue weighted by Gasteiger charge is -2.00. The van der Waals surface area contributed by atoms with Crippen molar-refractivity contribution in [3.8, 4) is 11.5 Å².